The molecule has 1 N–H and O–H groups in total. The van der Waals surface area contributed by atoms with Crippen LogP contribution in [0.25, 0.3) is 0 Å². The van der Waals surface area contributed by atoms with Crippen LogP contribution in [0.4, 0.5) is 18.9 Å². The van der Waals surface area contributed by atoms with Crippen LogP contribution in [0.1, 0.15) is 22.8 Å². The molecule has 0 heterocycles. The molecule has 0 aliphatic rings. The monoisotopic (exact) mass is 217 g/mol. The summed E-state index contributed by atoms with van der Waals surface area (Å²) in [5, 5.41) is 2.44. The maximum atomic E-state index is 12.5. The van der Waals surface area contributed by atoms with Gasteiger partial charge in [-0.05, 0) is 25.1 Å². The Kier molecular flexibility index (Phi) is 3.02. The van der Waals surface area contributed by atoms with Gasteiger partial charge in [-0.1, -0.05) is 0 Å². The van der Waals surface area contributed by atoms with Gasteiger partial charge in [0.2, 0.25) is 0 Å². The highest BCUT2D eigenvalue weighted by molar-refractivity contribution is 5.94. The number of hydrogen-bond acceptors (Lipinski definition) is 2. The number of carbonyl (C=O) groups is 1. The summed E-state index contributed by atoms with van der Waals surface area (Å²) in [6.45, 7) is 1.23. The van der Waals surface area contributed by atoms with Gasteiger partial charge in [0.15, 0.2) is 5.78 Å². The maximum Gasteiger partial charge on any atom is 0.418 e. The topological polar surface area (TPSA) is 29.1 Å². The normalized spacial score (nSPS) is 11.3. The smallest absolute Gasteiger partial charge is 0.388 e. The second-order valence-electron chi connectivity index (χ2n) is 3.06. The van der Waals surface area contributed by atoms with E-state index < -0.39 is 11.7 Å². The van der Waals surface area contributed by atoms with E-state index in [0.717, 1.165) is 6.07 Å². The van der Waals surface area contributed by atoms with E-state index in [9.17, 15) is 18.0 Å². The number of hydrogen-bond donors (Lipinski definition) is 1. The van der Waals surface area contributed by atoms with Gasteiger partial charge in [-0.3, -0.25) is 4.79 Å². The maximum absolute atomic E-state index is 12.5. The van der Waals surface area contributed by atoms with Crippen molar-refractivity contribution in [3.8, 4) is 0 Å². The zero-order chi connectivity index (χ0) is 11.6. The lowest BCUT2D eigenvalue weighted by Crippen LogP contribution is -2.10. The Labute approximate surface area is 85.1 Å². The Bertz CT molecular complexity index is 385. The van der Waals surface area contributed by atoms with Crippen molar-refractivity contribution in [2.45, 2.75) is 13.1 Å². The van der Waals surface area contributed by atoms with Gasteiger partial charge < -0.3 is 5.32 Å². The molecule has 0 unspecified atom stereocenters. The molecule has 0 radical (unpaired) electrons. The van der Waals surface area contributed by atoms with E-state index in [0.29, 0.717) is 0 Å². The number of Topliss-reactive ketones (excluding diaryl/α,β-unsaturated/α-hetero) is 1. The van der Waals surface area contributed by atoms with Crippen molar-refractivity contribution in [2.75, 3.05) is 12.4 Å². The molecular formula is C10H10F3NO. The third-order valence-electron chi connectivity index (χ3n) is 2.00. The van der Waals surface area contributed by atoms with Crippen LogP contribution < -0.4 is 5.32 Å². The highest BCUT2D eigenvalue weighted by Crippen LogP contribution is 2.35. The van der Waals surface area contributed by atoms with Gasteiger partial charge in [0.05, 0.1) is 5.56 Å². The first kappa shape index (κ1) is 11.6. The molecule has 0 saturated heterocycles. The number of alkyl halides is 3. The van der Waals surface area contributed by atoms with Crippen LogP contribution in [0.2, 0.25) is 0 Å². The molecule has 0 aromatic heterocycles. The molecule has 0 fully saturated rings. The zero-order valence-corrected chi connectivity index (χ0v) is 8.27. The number of nitrogens with one attached hydrogen (secondary N) is 1. The van der Waals surface area contributed by atoms with Crippen LogP contribution in [0.3, 0.4) is 0 Å². The summed E-state index contributed by atoms with van der Waals surface area (Å²) < 4.78 is 37.6. The van der Waals surface area contributed by atoms with Gasteiger partial charge >= 0.3 is 6.18 Å². The van der Waals surface area contributed by atoms with Crippen LogP contribution in [0.15, 0.2) is 18.2 Å². The first-order chi connectivity index (χ1) is 6.86. The van der Waals surface area contributed by atoms with Gasteiger partial charge in [0, 0.05) is 18.3 Å². The molecule has 0 amide bonds. The first-order valence-corrected chi connectivity index (χ1v) is 4.26. The predicted molar refractivity (Wildman–Crippen MR) is 51.0 cm³/mol. The minimum absolute atomic E-state index is 0.0347. The Morgan fingerprint density at radius 3 is 2.33 bits per heavy atom. The standard InChI is InChI=1S/C10H10F3NO/c1-6(15)7-3-4-9(14-2)8(5-7)10(11,12)13/h3-5,14H,1-2H3. The predicted octanol–water partition coefficient (Wildman–Crippen LogP) is 2.95. The Balaban J connectivity index is 3.32. The molecule has 0 bridgehead atoms. The largest absolute Gasteiger partial charge is 0.418 e. The van der Waals surface area contributed by atoms with Crippen LogP contribution in [-0.2, 0) is 6.18 Å². The van der Waals surface area contributed by atoms with Crippen molar-refractivity contribution in [1.29, 1.82) is 0 Å². The van der Waals surface area contributed by atoms with Crippen molar-refractivity contribution >= 4 is 11.5 Å². The number of carbonyl (C=O) groups excluding carboxylic acids is 1. The average Bonchev–Trinajstić information content (AvgIpc) is 2.15. The summed E-state index contributed by atoms with van der Waals surface area (Å²) in [7, 11) is 1.40. The van der Waals surface area contributed by atoms with E-state index in [-0.39, 0.29) is 17.0 Å². The quantitative estimate of drug-likeness (QED) is 0.771. The third kappa shape index (κ3) is 2.49. The van der Waals surface area contributed by atoms with Crippen molar-refractivity contribution in [3.05, 3.63) is 29.3 Å². The summed E-state index contributed by atoms with van der Waals surface area (Å²) in [6.07, 6.45) is -4.45. The van der Waals surface area contributed by atoms with Gasteiger partial charge in [0.25, 0.3) is 0 Å². The zero-order valence-electron chi connectivity index (χ0n) is 8.27. The van der Waals surface area contributed by atoms with Crippen LogP contribution >= 0.6 is 0 Å². The van der Waals surface area contributed by atoms with Gasteiger partial charge in [-0.15, -0.1) is 0 Å². The lowest BCUT2D eigenvalue weighted by atomic mass is 10.1. The lowest BCUT2D eigenvalue weighted by molar-refractivity contribution is -0.136. The molecular weight excluding hydrogens is 207 g/mol. The Morgan fingerprint density at radius 2 is 1.93 bits per heavy atom. The highest BCUT2D eigenvalue weighted by Gasteiger charge is 2.33. The van der Waals surface area contributed by atoms with E-state index in [1.165, 1.54) is 26.1 Å². The molecule has 0 saturated carbocycles. The van der Waals surface area contributed by atoms with Gasteiger partial charge in [-0.2, -0.15) is 13.2 Å². The third-order valence-corrected chi connectivity index (χ3v) is 2.00. The molecule has 15 heavy (non-hydrogen) atoms. The van der Waals surface area contributed by atoms with E-state index in [4.69, 9.17) is 0 Å². The summed E-state index contributed by atoms with van der Waals surface area (Å²) in [5.74, 6) is -0.386. The fourth-order valence-electron chi connectivity index (χ4n) is 1.22. The van der Waals surface area contributed by atoms with Gasteiger partial charge in [-0.25, -0.2) is 0 Å². The fraction of sp³-hybridized carbons (Fsp3) is 0.300. The summed E-state index contributed by atoms with van der Waals surface area (Å²) in [4.78, 5) is 10.9. The van der Waals surface area contributed by atoms with Crippen molar-refractivity contribution in [2.24, 2.45) is 0 Å². The van der Waals surface area contributed by atoms with Crippen molar-refractivity contribution in [1.82, 2.24) is 0 Å². The number of ketones is 1. The first-order valence-electron chi connectivity index (χ1n) is 4.26. The second-order valence-corrected chi connectivity index (χ2v) is 3.06. The molecule has 0 aliphatic carbocycles. The minimum atomic E-state index is -4.45. The number of halogens is 3. The van der Waals surface area contributed by atoms with E-state index in [1.807, 2.05) is 0 Å². The van der Waals surface area contributed by atoms with Crippen molar-refractivity contribution < 1.29 is 18.0 Å². The highest BCUT2D eigenvalue weighted by atomic mass is 19.4. The van der Waals surface area contributed by atoms with E-state index >= 15 is 0 Å². The van der Waals surface area contributed by atoms with Crippen LogP contribution in [-0.4, -0.2) is 12.8 Å². The number of benzene rings is 1. The Morgan fingerprint density at radius 1 is 1.33 bits per heavy atom. The molecule has 1 rings (SSSR count). The molecule has 1 aromatic rings. The molecule has 2 nitrogen and oxygen atoms in total. The lowest BCUT2D eigenvalue weighted by Gasteiger charge is -2.13. The molecule has 5 heteroatoms. The van der Waals surface area contributed by atoms with Gasteiger partial charge in [0.1, 0.15) is 0 Å². The molecule has 0 spiro atoms. The van der Waals surface area contributed by atoms with Crippen molar-refractivity contribution in [3.63, 3.8) is 0 Å². The van der Waals surface area contributed by atoms with E-state index in [2.05, 4.69) is 5.32 Å². The molecule has 82 valence electrons. The summed E-state index contributed by atoms with van der Waals surface area (Å²) in [6, 6.07) is 3.47. The summed E-state index contributed by atoms with van der Waals surface area (Å²) in [5.41, 5.74) is -0.800. The fourth-order valence-corrected chi connectivity index (χ4v) is 1.22. The minimum Gasteiger partial charge on any atom is -0.388 e. The molecule has 0 aliphatic heterocycles. The summed E-state index contributed by atoms with van der Waals surface area (Å²) >= 11 is 0. The second kappa shape index (κ2) is 3.92. The molecule has 1 aromatic carbocycles. The van der Waals surface area contributed by atoms with E-state index in [1.54, 1.807) is 0 Å². The van der Waals surface area contributed by atoms with Crippen LogP contribution in [0, 0.1) is 0 Å². The SMILES string of the molecule is CNc1ccc(C(C)=O)cc1C(F)(F)F. The van der Waals surface area contributed by atoms with Crippen LogP contribution in [0.5, 0.6) is 0 Å². The molecule has 0 atom stereocenters. The average molecular weight is 217 g/mol. The number of rotatable bonds is 2. The Hall–Kier alpha value is -1.52. The number of anilines is 1.